The fraction of sp³-hybridized carbons (Fsp3) is 0.524. The Balaban J connectivity index is 0.704. The van der Waals surface area contributed by atoms with Gasteiger partial charge in [0.2, 0.25) is 0 Å². The maximum Gasteiger partial charge on any atom is 0.481 e. The number of anilines is 2. The van der Waals surface area contributed by atoms with E-state index in [1.54, 1.807) is 0 Å². The van der Waals surface area contributed by atoms with Crippen LogP contribution in [-0.2, 0) is 63.9 Å². The van der Waals surface area contributed by atoms with Gasteiger partial charge in [-0.05, 0) is 22.9 Å². The number of phosphoric ester groups is 4. The normalized spacial score (nSPS) is 35.2. The molecule has 0 spiro atoms. The van der Waals surface area contributed by atoms with Crippen LogP contribution in [0, 0.1) is 22.7 Å². The number of imidazole rings is 2. The van der Waals surface area contributed by atoms with E-state index >= 15 is 0 Å². The first-order chi connectivity index (χ1) is 41.3. The smallest absolute Gasteiger partial charge is 0.481 e. The molecular weight excluding hydrogens is 1270 g/mol. The molecule has 22 atom stereocenters. The fourth-order valence-electron chi connectivity index (χ4n) is 10.1. The Hall–Kier alpha value is -5.76. The first-order valence-electron chi connectivity index (χ1n) is 25.5. The van der Waals surface area contributed by atoms with Gasteiger partial charge >= 0.3 is 31.3 Å². The van der Waals surface area contributed by atoms with Crippen LogP contribution in [0.5, 0.6) is 0 Å². The lowest BCUT2D eigenvalue weighted by Crippen LogP contribution is -2.43. The van der Waals surface area contributed by atoms with Gasteiger partial charge in [-0.25, -0.2) is 48.2 Å². The van der Waals surface area contributed by atoms with Gasteiger partial charge in [0.25, 0.3) is 0 Å². The molecule has 6 aliphatic rings. The summed E-state index contributed by atoms with van der Waals surface area (Å²) in [6, 6.07) is 0. The number of ether oxygens (including phenoxy) is 4. The molecular formula is C42H54N14O28P4-2. The second kappa shape index (κ2) is 25.1. The topological polar surface area (TPSA) is 643 Å². The number of aromatic nitrogens is 8. The zero-order chi connectivity index (χ0) is 63.7. The highest BCUT2D eigenvalue weighted by Gasteiger charge is 2.52. The Morgan fingerprint density at radius 1 is 0.489 bits per heavy atom. The number of nitrogens with two attached hydrogens (primary N) is 2. The first kappa shape index (κ1) is 65.2. The monoisotopic (exact) mass is 1330 g/mol. The van der Waals surface area contributed by atoms with Gasteiger partial charge in [0, 0.05) is 36.6 Å². The Kier molecular flexibility index (Phi) is 18.6. The van der Waals surface area contributed by atoms with Crippen LogP contribution in [0.1, 0.15) is 12.5 Å². The van der Waals surface area contributed by atoms with Crippen LogP contribution in [-0.4, -0.2) is 233 Å². The molecule has 0 radical (unpaired) electrons. The van der Waals surface area contributed by atoms with E-state index in [4.69, 9.17) is 59.3 Å². The van der Waals surface area contributed by atoms with Crippen molar-refractivity contribution < 1.29 is 135 Å². The highest BCUT2D eigenvalue weighted by Crippen LogP contribution is 2.62. The molecule has 4 aromatic rings. The lowest BCUT2D eigenvalue weighted by molar-refractivity contribution is -0.217. The van der Waals surface area contributed by atoms with Gasteiger partial charge in [-0.15, -0.1) is 0 Å². The van der Waals surface area contributed by atoms with E-state index < -0.39 is 191 Å². The number of phosphoric acid groups is 4. The van der Waals surface area contributed by atoms with E-state index in [0.29, 0.717) is 0 Å². The first-order valence-corrected chi connectivity index (χ1v) is 31.4. The van der Waals surface area contributed by atoms with Crippen LogP contribution in [0.25, 0.3) is 22.3 Å². The number of nitrogen functional groups attached to an aromatic ring is 2. The van der Waals surface area contributed by atoms with Crippen molar-refractivity contribution in [3.63, 3.8) is 0 Å². The Morgan fingerprint density at radius 3 is 1.09 bits per heavy atom. The van der Waals surface area contributed by atoms with Gasteiger partial charge < -0.3 is 122 Å². The number of nitrogens with zero attached hydrogens (tertiary/aromatic N) is 10. The van der Waals surface area contributed by atoms with Crippen LogP contribution in [0.4, 0.5) is 11.6 Å². The largest absolute Gasteiger partial charge is 0.859 e. The van der Waals surface area contributed by atoms with E-state index in [1.807, 2.05) is 0 Å². The van der Waals surface area contributed by atoms with Gasteiger partial charge in [-0.2, -0.15) is 8.62 Å². The van der Waals surface area contributed by atoms with E-state index in [-0.39, 0.29) is 34.0 Å². The summed E-state index contributed by atoms with van der Waals surface area (Å²) in [5.74, 6) is -5.21. The summed E-state index contributed by atoms with van der Waals surface area (Å²) in [6.45, 7) is -4.25. The summed E-state index contributed by atoms with van der Waals surface area (Å²) in [5.41, 5.74) is 11.2. The fourth-order valence-corrected chi connectivity index (χ4v) is 14.3. The van der Waals surface area contributed by atoms with Crippen LogP contribution < -0.4 is 21.7 Å². The second-order valence-electron chi connectivity index (χ2n) is 20.0. The number of hydrogen-bond acceptors (Lipinski definition) is 36. The van der Waals surface area contributed by atoms with Crippen molar-refractivity contribution in [1.29, 1.82) is 10.8 Å². The van der Waals surface area contributed by atoms with Crippen LogP contribution >= 0.6 is 31.3 Å². The minimum Gasteiger partial charge on any atom is -0.859 e. The number of allylic oxidation sites excluding steroid dienone is 2. The van der Waals surface area contributed by atoms with Crippen molar-refractivity contribution in [2.45, 2.75) is 98.2 Å². The molecule has 10 heterocycles. The number of aliphatic hydroxyl groups excluding tert-OH is 8. The van der Waals surface area contributed by atoms with Crippen LogP contribution in [0.3, 0.4) is 0 Å². The summed E-state index contributed by atoms with van der Waals surface area (Å²) in [4.78, 5) is 67.0. The van der Waals surface area contributed by atoms with Gasteiger partial charge in [0.1, 0.15) is 96.9 Å². The Bertz CT molecular complexity index is 3410. The van der Waals surface area contributed by atoms with Crippen molar-refractivity contribution in [3.8, 4) is 0 Å². The predicted molar refractivity (Wildman–Crippen MR) is 279 cm³/mol. The molecule has 4 saturated heterocycles. The molecule has 10 rings (SSSR count). The maximum absolute atomic E-state index is 12.9. The van der Waals surface area contributed by atoms with E-state index in [2.05, 4.69) is 38.5 Å². The Labute approximate surface area is 491 Å². The molecule has 482 valence electrons. The van der Waals surface area contributed by atoms with Crippen molar-refractivity contribution in [3.05, 3.63) is 73.4 Å². The molecule has 0 aliphatic carbocycles. The maximum atomic E-state index is 12.9. The molecule has 6 unspecified atom stereocenters. The van der Waals surface area contributed by atoms with E-state index in [0.717, 1.165) is 34.9 Å². The van der Waals surface area contributed by atoms with Gasteiger partial charge in [0.15, 0.2) is 47.8 Å². The summed E-state index contributed by atoms with van der Waals surface area (Å²) in [7, 11) is -22.4. The predicted octanol–water partition coefficient (Wildman–Crippen LogP) is -6.20. The highest BCUT2D eigenvalue weighted by molar-refractivity contribution is 7.61. The standard InChI is InChI=1S/C42H56N14O28P4/c43-33-23-37(49-11-47-33)55(13-51-23)41-31(63)27(59)21(81-41)9-77-87(71,72)83-85(67,68)75-7-19-25(57)29(61)39(79-19)53-3-1-15(17(5-53)35(45)65)16-2-4-54(6-18(16)36(46)66)40-30(62)26(58)20(80-40)8-76-86(69,70)84-88(73,74)78-10-22-28(60)32(64)42(82-22)56-14-52-24-34(44)48-12-50-38(24)56/h1-6,11-16,19-22,25-32,39-42,57-64H,7-10H2,(H2,45,65)(H2,46,66)(H,67,68)(H,69,70)(H,71,72)(H,73,74)(H2,43,47,49)(H2,44,48,50)/p-2/t15?,16?,19-,20-,21-,22-,25-,26-,27-,28-,29-,30-,31-,32-,39-,40-,41-,42-/m1/s1. The van der Waals surface area contributed by atoms with Crippen molar-refractivity contribution in [2.24, 2.45) is 11.8 Å². The minimum absolute atomic E-state index is 0.00853. The number of nitrogens with one attached hydrogen (secondary N) is 2. The average Bonchev–Trinajstić information content (AvgIpc) is 1.87. The SMILES string of the molecule is N=C([O-])C1=CN([C@@H]2O[C@H](COP(=O)(O)OP(=O)(O)OC[C@H]3O[C@@H](n4cnc5c(N)ncnc54)[C@H](O)[C@@H]3O)[C@@H](O)[C@H]2O)C=CC1C1C=CN([C@@H]2O[C@H](COP(=O)(O)OP(=O)(O)OC[C@H]3O[C@@H](n4cnc5c(N)ncnc54)[C@H](O)[C@@H]3O)[C@@H](O)[C@H]2O)C=C1C(=N)[O-]. The molecule has 88 heavy (non-hydrogen) atoms. The van der Waals surface area contributed by atoms with E-state index in [9.17, 15) is 88.9 Å². The average molecular weight is 1330 g/mol. The molecule has 0 bridgehead atoms. The van der Waals surface area contributed by atoms with Gasteiger partial charge in [-0.1, -0.05) is 12.2 Å². The van der Waals surface area contributed by atoms with Crippen molar-refractivity contribution >= 4 is 77.0 Å². The highest BCUT2D eigenvalue weighted by atomic mass is 31.3. The molecule has 4 fully saturated rings. The minimum atomic E-state index is -5.63. The third-order valence-corrected chi connectivity index (χ3v) is 19.6. The van der Waals surface area contributed by atoms with Gasteiger partial charge in [0.05, 0.1) is 39.1 Å². The van der Waals surface area contributed by atoms with Crippen molar-refractivity contribution in [2.75, 3.05) is 37.9 Å². The third-order valence-electron chi connectivity index (χ3n) is 14.4. The summed E-state index contributed by atoms with van der Waals surface area (Å²) < 4.78 is 104. The lowest BCUT2D eigenvalue weighted by Gasteiger charge is -2.39. The summed E-state index contributed by atoms with van der Waals surface area (Å²) in [6.07, 6.45) is -15.7. The van der Waals surface area contributed by atoms with E-state index in [1.165, 1.54) is 46.3 Å². The second-order valence-corrected chi connectivity index (χ2v) is 26.1. The lowest BCUT2D eigenvalue weighted by atomic mass is 9.79. The molecule has 46 heteroatoms. The number of rotatable bonds is 23. The van der Waals surface area contributed by atoms with Crippen molar-refractivity contribution in [1.82, 2.24) is 48.8 Å². The molecule has 18 N–H and O–H groups in total. The number of aliphatic hydroxyl groups is 8. The molecule has 0 saturated carbocycles. The molecule has 6 aliphatic heterocycles. The van der Waals surface area contributed by atoms with Crippen LogP contribution in [0.15, 0.2) is 73.4 Å². The molecule has 0 aromatic carbocycles. The zero-order valence-corrected chi connectivity index (χ0v) is 47.9. The molecule has 42 nitrogen and oxygen atoms in total. The number of hydrogen-bond donors (Lipinski definition) is 16. The zero-order valence-electron chi connectivity index (χ0n) is 44.3. The quantitative estimate of drug-likeness (QED) is 0.0187. The molecule has 0 amide bonds. The number of fused-ring (bicyclic) bond motifs is 2. The van der Waals surface area contributed by atoms with Gasteiger partial charge in [-0.3, -0.25) is 27.2 Å². The Morgan fingerprint density at radius 2 is 0.784 bits per heavy atom. The summed E-state index contributed by atoms with van der Waals surface area (Å²) >= 11 is 0. The van der Waals surface area contributed by atoms with Crippen LogP contribution in [0.2, 0.25) is 0 Å². The summed E-state index contributed by atoms with van der Waals surface area (Å²) in [5, 5.41) is 128. The third kappa shape index (κ3) is 13.4. The molecule has 4 aromatic heterocycles.